The van der Waals surface area contributed by atoms with Crippen molar-refractivity contribution in [3.8, 4) is 0 Å². The molecule has 2 aromatic carbocycles. The Morgan fingerprint density at radius 1 is 1.00 bits per heavy atom. The number of carbonyl (C=O) groups excluding carboxylic acids is 1. The molecular weight excluding hydrogens is 581 g/mol. The second-order valence-electron chi connectivity index (χ2n) is 11.7. The monoisotopic (exact) mass is 621 g/mol. The third-order valence-electron chi connectivity index (χ3n) is 9.06. The van der Waals surface area contributed by atoms with Crippen LogP contribution in [0.2, 0.25) is 10.0 Å². The summed E-state index contributed by atoms with van der Waals surface area (Å²) in [5.74, 6) is 0.596. The lowest BCUT2D eigenvalue weighted by atomic mass is 9.83. The van der Waals surface area contributed by atoms with E-state index in [1.165, 1.54) is 74.1 Å². The molecule has 1 amide bonds. The zero-order valence-corrected chi connectivity index (χ0v) is 26.1. The maximum absolute atomic E-state index is 13.9. The van der Waals surface area contributed by atoms with Crippen molar-refractivity contribution < 1.29 is 17.9 Å². The highest BCUT2D eigenvalue weighted by Crippen LogP contribution is 2.37. The zero-order chi connectivity index (χ0) is 29.0. The first-order valence-corrected chi connectivity index (χ1v) is 17.1. The van der Waals surface area contributed by atoms with Crippen LogP contribution in [0.1, 0.15) is 56.9 Å². The van der Waals surface area contributed by atoms with Crippen LogP contribution >= 0.6 is 23.2 Å². The van der Waals surface area contributed by atoms with Crippen molar-refractivity contribution in [1.29, 1.82) is 0 Å². The number of nitrogens with zero attached hydrogens (tertiary/aromatic N) is 3. The van der Waals surface area contributed by atoms with E-state index in [0.29, 0.717) is 23.0 Å². The van der Waals surface area contributed by atoms with Crippen LogP contribution in [0.3, 0.4) is 0 Å². The molecule has 7 nitrogen and oxygen atoms in total. The van der Waals surface area contributed by atoms with E-state index < -0.39 is 16.1 Å². The number of benzene rings is 2. The van der Waals surface area contributed by atoms with Crippen LogP contribution in [0.5, 0.6) is 0 Å². The average Bonchev–Trinajstić information content (AvgIpc) is 3.52. The van der Waals surface area contributed by atoms with Gasteiger partial charge in [-0.3, -0.25) is 9.10 Å². The fourth-order valence-corrected chi connectivity index (χ4v) is 8.69. The number of ether oxygens (including phenoxy) is 1. The van der Waals surface area contributed by atoms with Gasteiger partial charge in [0.25, 0.3) is 10.0 Å². The molecule has 5 rings (SSSR count). The lowest BCUT2D eigenvalue weighted by molar-refractivity contribution is -0.135. The second kappa shape index (κ2) is 13.6. The number of likely N-dealkylation sites (N-methyl/N-ethyl adjacent to an activating group) is 1. The van der Waals surface area contributed by atoms with E-state index in [4.69, 9.17) is 27.9 Å². The van der Waals surface area contributed by atoms with Gasteiger partial charge in [0.15, 0.2) is 0 Å². The van der Waals surface area contributed by atoms with Crippen LogP contribution < -0.4 is 4.31 Å². The number of rotatable bonds is 10. The Balaban J connectivity index is 1.15. The van der Waals surface area contributed by atoms with Crippen molar-refractivity contribution in [3.05, 3.63) is 58.1 Å². The number of carbonyl (C=O) groups is 1. The van der Waals surface area contributed by atoms with E-state index in [-0.39, 0.29) is 29.0 Å². The molecule has 1 aliphatic carbocycles. The van der Waals surface area contributed by atoms with Gasteiger partial charge in [-0.15, -0.1) is 0 Å². The molecule has 2 heterocycles. The van der Waals surface area contributed by atoms with Gasteiger partial charge in [-0.05, 0) is 107 Å². The smallest absolute Gasteiger partial charge is 0.264 e. The van der Waals surface area contributed by atoms with Gasteiger partial charge in [-0.25, -0.2) is 8.42 Å². The summed E-state index contributed by atoms with van der Waals surface area (Å²) < 4.78 is 35.0. The first-order chi connectivity index (χ1) is 19.7. The van der Waals surface area contributed by atoms with E-state index in [2.05, 4.69) is 4.90 Å². The summed E-state index contributed by atoms with van der Waals surface area (Å²) >= 11 is 12.2. The van der Waals surface area contributed by atoms with Crippen LogP contribution in [-0.2, 0) is 26.0 Å². The minimum Gasteiger partial charge on any atom is -0.369 e. The van der Waals surface area contributed by atoms with Crippen molar-refractivity contribution in [1.82, 2.24) is 9.80 Å². The summed E-state index contributed by atoms with van der Waals surface area (Å²) in [6, 6.07) is 12.1. The number of hydrogen-bond donors (Lipinski definition) is 0. The zero-order valence-electron chi connectivity index (χ0n) is 23.8. The molecule has 0 bridgehead atoms. The summed E-state index contributed by atoms with van der Waals surface area (Å²) in [5, 5.41) is 0.473. The number of anilines is 1. The number of amides is 1. The molecule has 2 aliphatic heterocycles. The van der Waals surface area contributed by atoms with Gasteiger partial charge in [0.2, 0.25) is 5.91 Å². The molecule has 2 fully saturated rings. The fraction of sp³-hybridized carbons (Fsp3) is 0.581. The molecule has 0 N–H and O–H groups in total. The number of aryl methyl sites for hydroxylation is 1. The van der Waals surface area contributed by atoms with Crippen molar-refractivity contribution in [2.24, 2.45) is 5.92 Å². The normalized spacial score (nSPS) is 23.4. The topological polar surface area (TPSA) is 70.2 Å². The van der Waals surface area contributed by atoms with Gasteiger partial charge in [0, 0.05) is 19.6 Å². The Hall–Kier alpha value is -1.84. The van der Waals surface area contributed by atoms with Crippen LogP contribution in [-0.4, -0.2) is 76.1 Å². The predicted molar refractivity (Wildman–Crippen MR) is 164 cm³/mol. The Morgan fingerprint density at radius 3 is 2.46 bits per heavy atom. The third-order valence-corrected chi connectivity index (χ3v) is 11.7. The standard InChI is InChI=1S/C31H41Cl2N3O4S/c1-34(19-16-23-8-11-25(12-9-23)35-17-4-5-18-35)31(37)22-40-21-26-13-10-24-6-2-3-7-30(24)36(26)41(38,39)27-14-15-28(32)29(33)20-27/h2-3,6-7,14-15,20,23,25-26H,4-5,8-13,16-19,21-22H2,1H3. The highest BCUT2D eigenvalue weighted by atomic mass is 35.5. The maximum Gasteiger partial charge on any atom is 0.264 e. The van der Waals surface area contributed by atoms with Gasteiger partial charge in [0.1, 0.15) is 6.61 Å². The van der Waals surface area contributed by atoms with E-state index in [1.807, 2.05) is 31.3 Å². The summed E-state index contributed by atoms with van der Waals surface area (Å²) in [5.41, 5.74) is 1.58. The average molecular weight is 623 g/mol. The largest absolute Gasteiger partial charge is 0.369 e. The van der Waals surface area contributed by atoms with Crippen molar-refractivity contribution in [3.63, 3.8) is 0 Å². The Morgan fingerprint density at radius 2 is 1.73 bits per heavy atom. The first kappa shape index (κ1) is 30.6. The lowest BCUT2D eigenvalue weighted by Crippen LogP contribution is -2.46. The number of halogens is 2. The Bertz CT molecular complexity index is 1310. The van der Waals surface area contributed by atoms with Crippen molar-refractivity contribution in [2.45, 2.75) is 74.8 Å². The lowest BCUT2D eigenvalue weighted by Gasteiger charge is -2.37. The van der Waals surface area contributed by atoms with Gasteiger partial charge >= 0.3 is 0 Å². The van der Waals surface area contributed by atoms with Crippen LogP contribution in [0, 0.1) is 5.92 Å². The minimum atomic E-state index is -3.95. The highest BCUT2D eigenvalue weighted by Gasteiger charge is 2.36. The molecule has 3 aliphatic rings. The molecule has 224 valence electrons. The number of likely N-dealkylation sites (tertiary alicyclic amines) is 1. The van der Waals surface area contributed by atoms with Gasteiger partial charge in [-0.2, -0.15) is 0 Å². The molecule has 0 radical (unpaired) electrons. The van der Waals surface area contributed by atoms with E-state index >= 15 is 0 Å². The van der Waals surface area contributed by atoms with Crippen LogP contribution in [0.4, 0.5) is 5.69 Å². The second-order valence-corrected chi connectivity index (χ2v) is 14.4. The molecule has 1 unspecified atom stereocenters. The maximum atomic E-state index is 13.9. The predicted octanol–water partition coefficient (Wildman–Crippen LogP) is 6.02. The molecule has 2 aromatic rings. The molecule has 41 heavy (non-hydrogen) atoms. The Kier molecular flexibility index (Phi) is 10.2. The molecule has 1 saturated heterocycles. The number of fused-ring (bicyclic) bond motifs is 1. The quantitative estimate of drug-likeness (QED) is 0.324. The molecule has 0 spiro atoms. The van der Waals surface area contributed by atoms with E-state index in [9.17, 15) is 13.2 Å². The Labute approximate surface area is 254 Å². The highest BCUT2D eigenvalue weighted by molar-refractivity contribution is 7.92. The van der Waals surface area contributed by atoms with Gasteiger partial charge in [-0.1, -0.05) is 41.4 Å². The van der Waals surface area contributed by atoms with E-state index in [0.717, 1.165) is 31.0 Å². The molecule has 1 saturated carbocycles. The van der Waals surface area contributed by atoms with Crippen LogP contribution in [0.25, 0.3) is 0 Å². The number of para-hydroxylation sites is 1. The fourth-order valence-electron chi connectivity index (χ4n) is 6.60. The van der Waals surface area contributed by atoms with Crippen LogP contribution in [0.15, 0.2) is 47.4 Å². The number of hydrogen-bond acceptors (Lipinski definition) is 5. The summed E-state index contributed by atoms with van der Waals surface area (Å²) in [6.07, 6.45) is 10.0. The van der Waals surface area contributed by atoms with Gasteiger partial charge in [0.05, 0.1) is 33.3 Å². The molecule has 10 heteroatoms. The number of sulfonamides is 1. The van der Waals surface area contributed by atoms with Gasteiger partial charge < -0.3 is 14.5 Å². The molecule has 0 aromatic heterocycles. The summed E-state index contributed by atoms with van der Waals surface area (Å²) in [7, 11) is -2.12. The van der Waals surface area contributed by atoms with Crippen molar-refractivity contribution in [2.75, 3.05) is 44.2 Å². The minimum absolute atomic E-state index is 0.0684. The third kappa shape index (κ3) is 7.21. The first-order valence-electron chi connectivity index (χ1n) is 14.9. The van der Waals surface area contributed by atoms with E-state index in [1.54, 1.807) is 4.90 Å². The SMILES string of the molecule is CN(CCC1CCC(N2CCCC2)CC1)C(=O)COCC1CCc2ccccc2N1S(=O)(=O)c1ccc(Cl)c(Cl)c1. The molecule has 1 atom stereocenters. The summed E-state index contributed by atoms with van der Waals surface area (Å²) in [6.45, 7) is 3.29. The summed E-state index contributed by atoms with van der Waals surface area (Å²) in [4.78, 5) is 17.4. The molecular formula is C31H41Cl2N3O4S. The van der Waals surface area contributed by atoms with Crippen molar-refractivity contribution >= 4 is 44.8 Å².